The van der Waals surface area contributed by atoms with Gasteiger partial charge in [0.25, 0.3) is 11.9 Å². The summed E-state index contributed by atoms with van der Waals surface area (Å²) in [5, 5.41) is 15.0. The minimum absolute atomic E-state index is 0.145. The molecule has 32 heavy (non-hydrogen) atoms. The fourth-order valence-corrected chi connectivity index (χ4v) is 3.36. The summed E-state index contributed by atoms with van der Waals surface area (Å²) in [5.41, 5.74) is 2.11. The number of morpholine rings is 1. The molecule has 0 saturated carbocycles. The first-order chi connectivity index (χ1) is 15.6. The van der Waals surface area contributed by atoms with Gasteiger partial charge in [-0.25, -0.2) is 9.78 Å². The Hall–Kier alpha value is -3.69. The molecule has 1 aliphatic rings. The first-order valence-corrected chi connectivity index (χ1v) is 10.3. The largest absolute Gasteiger partial charge is 0.478 e. The lowest BCUT2D eigenvalue weighted by molar-refractivity contribution is 0.0383. The number of hydrogen-bond donors (Lipinski definition) is 3. The van der Waals surface area contributed by atoms with Crippen LogP contribution in [0, 0.1) is 0 Å². The van der Waals surface area contributed by atoms with Crippen LogP contribution in [-0.4, -0.2) is 66.3 Å². The van der Waals surface area contributed by atoms with Crippen molar-refractivity contribution in [1.29, 1.82) is 0 Å². The van der Waals surface area contributed by atoms with Crippen molar-refractivity contribution in [1.82, 2.24) is 15.2 Å². The summed E-state index contributed by atoms with van der Waals surface area (Å²) in [5.74, 6) is -0.628. The Morgan fingerprint density at radius 3 is 2.59 bits per heavy atom. The molecule has 1 aromatic heterocycles. The molecular weight excluding hydrogens is 412 g/mol. The van der Waals surface area contributed by atoms with Gasteiger partial charge in [0.05, 0.1) is 25.0 Å². The van der Waals surface area contributed by atoms with E-state index in [9.17, 15) is 9.59 Å². The lowest BCUT2D eigenvalue weighted by Crippen LogP contribution is -2.41. The Kier molecular flexibility index (Phi) is 6.78. The van der Waals surface area contributed by atoms with Crippen LogP contribution in [0.3, 0.4) is 0 Å². The molecule has 2 heterocycles. The van der Waals surface area contributed by atoms with Crippen LogP contribution in [0.2, 0.25) is 0 Å². The quantitative estimate of drug-likeness (QED) is 0.494. The summed E-state index contributed by atoms with van der Waals surface area (Å²) in [6.07, 6.45) is 1.56. The van der Waals surface area contributed by atoms with Gasteiger partial charge in [-0.1, -0.05) is 18.2 Å². The highest BCUT2D eigenvalue weighted by atomic mass is 16.5. The number of anilines is 2. The summed E-state index contributed by atoms with van der Waals surface area (Å²) < 4.78 is 11.0. The number of nitrogens with zero attached hydrogens (tertiary/aromatic N) is 2. The molecule has 3 N–H and O–H groups in total. The summed E-state index contributed by atoms with van der Waals surface area (Å²) in [6.45, 7) is 4.60. The van der Waals surface area contributed by atoms with Gasteiger partial charge in [0.15, 0.2) is 5.76 Å². The summed E-state index contributed by atoms with van der Waals surface area (Å²) in [6, 6.07) is 13.7. The molecule has 1 aliphatic heterocycles. The third kappa shape index (κ3) is 5.51. The van der Waals surface area contributed by atoms with Crippen molar-refractivity contribution in [2.45, 2.75) is 0 Å². The van der Waals surface area contributed by atoms with E-state index in [0.29, 0.717) is 29.1 Å². The van der Waals surface area contributed by atoms with Gasteiger partial charge < -0.3 is 24.9 Å². The molecule has 0 aliphatic carbocycles. The predicted molar refractivity (Wildman–Crippen MR) is 118 cm³/mol. The number of aromatic carboxylic acids is 1. The van der Waals surface area contributed by atoms with Gasteiger partial charge in [-0.05, 0) is 30.3 Å². The maximum atomic E-state index is 12.5. The van der Waals surface area contributed by atoms with Gasteiger partial charge in [0.1, 0.15) is 0 Å². The molecule has 4 rings (SSSR count). The fourth-order valence-electron chi connectivity index (χ4n) is 3.36. The number of benzene rings is 2. The number of oxazole rings is 1. The first kappa shape index (κ1) is 21.5. The summed E-state index contributed by atoms with van der Waals surface area (Å²) in [7, 11) is 0. The molecule has 0 spiro atoms. The first-order valence-electron chi connectivity index (χ1n) is 10.3. The van der Waals surface area contributed by atoms with E-state index in [4.69, 9.17) is 14.3 Å². The zero-order valence-electron chi connectivity index (χ0n) is 17.4. The standard InChI is InChI=1S/C23H24N4O5/c28-21(24-8-9-27-10-12-31-13-11-27)18-2-1-3-19(14-18)26-23-25-15-20(32-23)16-4-6-17(7-5-16)22(29)30/h1-7,14-15H,8-13H2,(H,24,28)(H,25,26)(H,29,30). The van der Waals surface area contributed by atoms with Crippen molar-refractivity contribution < 1.29 is 23.8 Å². The van der Waals surface area contributed by atoms with Crippen LogP contribution in [0.25, 0.3) is 11.3 Å². The minimum Gasteiger partial charge on any atom is -0.478 e. The number of aromatic nitrogens is 1. The average Bonchev–Trinajstić information content (AvgIpc) is 3.28. The van der Waals surface area contributed by atoms with Crippen LogP contribution in [0.15, 0.2) is 59.1 Å². The van der Waals surface area contributed by atoms with E-state index in [0.717, 1.165) is 32.8 Å². The maximum absolute atomic E-state index is 12.5. The van der Waals surface area contributed by atoms with Crippen LogP contribution in [0.4, 0.5) is 11.7 Å². The van der Waals surface area contributed by atoms with Gasteiger partial charge >= 0.3 is 5.97 Å². The van der Waals surface area contributed by atoms with E-state index in [-0.39, 0.29) is 17.5 Å². The number of amides is 1. The second kappa shape index (κ2) is 10.1. The number of carbonyl (C=O) groups excluding carboxylic acids is 1. The third-order valence-electron chi connectivity index (χ3n) is 5.12. The molecule has 9 heteroatoms. The van der Waals surface area contributed by atoms with Crippen LogP contribution in [0.1, 0.15) is 20.7 Å². The molecular formula is C23H24N4O5. The lowest BCUT2D eigenvalue weighted by Gasteiger charge is -2.26. The van der Waals surface area contributed by atoms with Crippen molar-refractivity contribution in [2.24, 2.45) is 0 Å². The molecule has 1 saturated heterocycles. The Morgan fingerprint density at radius 1 is 1.06 bits per heavy atom. The normalized spacial score (nSPS) is 14.1. The zero-order valence-corrected chi connectivity index (χ0v) is 17.4. The monoisotopic (exact) mass is 436 g/mol. The van der Waals surface area contributed by atoms with Gasteiger partial charge in [-0.15, -0.1) is 0 Å². The lowest BCUT2D eigenvalue weighted by atomic mass is 10.1. The van der Waals surface area contributed by atoms with Crippen LogP contribution in [0.5, 0.6) is 0 Å². The topological polar surface area (TPSA) is 117 Å². The molecule has 0 unspecified atom stereocenters. The second-order valence-electron chi connectivity index (χ2n) is 7.33. The highest BCUT2D eigenvalue weighted by Gasteiger charge is 2.12. The number of hydrogen-bond acceptors (Lipinski definition) is 7. The van der Waals surface area contributed by atoms with Gasteiger partial charge in [0, 0.05) is 43.0 Å². The molecule has 0 atom stereocenters. The number of rotatable bonds is 8. The third-order valence-corrected chi connectivity index (χ3v) is 5.12. The number of carbonyl (C=O) groups is 2. The smallest absolute Gasteiger partial charge is 0.335 e. The SMILES string of the molecule is O=C(O)c1ccc(-c2cnc(Nc3cccc(C(=O)NCCN4CCOCC4)c3)o2)cc1. The van der Waals surface area contributed by atoms with Gasteiger partial charge in [0.2, 0.25) is 0 Å². The average molecular weight is 436 g/mol. The fraction of sp³-hybridized carbons (Fsp3) is 0.261. The van der Waals surface area contributed by atoms with Crippen molar-refractivity contribution >= 4 is 23.6 Å². The van der Waals surface area contributed by atoms with Gasteiger partial charge in [-0.3, -0.25) is 9.69 Å². The second-order valence-corrected chi connectivity index (χ2v) is 7.33. The Morgan fingerprint density at radius 2 is 1.84 bits per heavy atom. The molecule has 0 bridgehead atoms. The number of carboxylic acid groups (broad SMARTS) is 1. The van der Waals surface area contributed by atoms with Gasteiger partial charge in [-0.2, -0.15) is 0 Å². The number of nitrogens with one attached hydrogen (secondary N) is 2. The summed E-state index contributed by atoms with van der Waals surface area (Å²) >= 11 is 0. The minimum atomic E-state index is -0.985. The van der Waals surface area contributed by atoms with Crippen LogP contribution < -0.4 is 10.6 Å². The molecule has 0 radical (unpaired) electrons. The number of ether oxygens (including phenoxy) is 1. The molecule has 1 fully saturated rings. The molecule has 9 nitrogen and oxygen atoms in total. The zero-order chi connectivity index (χ0) is 22.3. The van der Waals surface area contributed by atoms with E-state index < -0.39 is 5.97 Å². The van der Waals surface area contributed by atoms with E-state index >= 15 is 0 Å². The molecule has 2 aromatic carbocycles. The Labute approximate surface area is 185 Å². The highest BCUT2D eigenvalue weighted by Crippen LogP contribution is 2.25. The van der Waals surface area contributed by atoms with Crippen molar-refractivity contribution in [3.63, 3.8) is 0 Å². The highest BCUT2D eigenvalue weighted by molar-refractivity contribution is 5.95. The molecule has 3 aromatic rings. The van der Waals surface area contributed by atoms with E-state index in [2.05, 4.69) is 20.5 Å². The van der Waals surface area contributed by atoms with E-state index in [1.54, 1.807) is 36.5 Å². The van der Waals surface area contributed by atoms with Crippen molar-refractivity contribution in [2.75, 3.05) is 44.7 Å². The van der Waals surface area contributed by atoms with Crippen molar-refractivity contribution in [3.05, 3.63) is 65.9 Å². The van der Waals surface area contributed by atoms with Crippen molar-refractivity contribution in [3.8, 4) is 11.3 Å². The maximum Gasteiger partial charge on any atom is 0.335 e. The van der Waals surface area contributed by atoms with Crippen LogP contribution >= 0.6 is 0 Å². The van der Waals surface area contributed by atoms with E-state index in [1.165, 1.54) is 12.1 Å². The Balaban J connectivity index is 1.34. The Bertz CT molecular complexity index is 1070. The summed E-state index contributed by atoms with van der Waals surface area (Å²) in [4.78, 5) is 29.9. The van der Waals surface area contributed by atoms with E-state index in [1.807, 2.05) is 6.07 Å². The van der Waals surface area contributed by atoms with Crippen LogP contribution in [-0.2, 0) is 4.74 Å². The molecule has 1 amide bonds. The predicted octanol–water partition coefficient (Wildman–Crippen LogP) is 2.85. The number of carboxylic acids is 1. The molecule has 166 valence electrons.